The van der Waals surface area contributed by atoms with E-state index in [1.54, 1.807) is 0 Å². The smallest absolute Gasteiger partial charge is 0.810 e. The van der Waals surface area contributed by atoms with E-state index in [4.69, 9.17) is 0 Å². The molecule has 126 valence electrons. The largest absolute Gasteiger partial charge is 1.00 e. The molecular weight excluding hydrogens is 424 g/mol. The summed E-state index contributed by atoms with van der Waals surface area (Å²) in [7, 11) is -11.1. The van der Waals surface area contributed by atoms with Crippen molar-refractivity contribution in [2.24, 2.45) is 0 Å². The molecule has 0 amide bonds. The van der Waals surface area contributed by atoms with Crippen LogP contribution in [0.1, 0.15) is 32.4 Å². The van der Waals surface area contributed by atoms with E-state index in [-0.39, 0.29) is 124 Å². The summed E-state index contributed by atoms with van der Waals surface area (Å²) < 4.78 is 23.2. The molecule has 26 heavy (non-hydrogen) atoms. The van der Waals surface area contributed by atoms with Gasteiger partial charge in [-0.3, -0.25) is 4.68 Å². The van der Waals surface area contributed by atoms with Crippen LogP contribution < -0.4 is 138 Å². The SMILES string of the molecule is CC(C)=CCCCn1cc(CC(P(=O)([O-])[O-])P(=O)([O-])[O-])nn1.[Na+].[Na+].[Na+].[Na+]. The normalized spacial score (nSPS) is 10.7. The first-order valence-electron chi connectivity index (χ1n) is 6.56. The standard InChI is InChI=1S/C11H21N3O6P2.4Na/c1-9(2)5-3-4-6-14-8-10(12-13-14)7-11(21(15,16)17)22(18,19)20;;;;/h5,8,11H,3-4,6-7H2,1-2H3,(H2,15,16,17)(H2,18,19,20);;;;/q;4*+1/p-4. The van der Waals surface area contributed by atoms with Gasteiger partial charge >= 0.3 is 118 Å². The Morgan fingerprint density at radius 2 is 1.62 bits per heavy atom. The van der Waals surface area contributed by atoms with Crippen molar-refractivity contribution in [3.05, 3.63) is 23.5 Å². The Hall–Kier alpha value is 3.18. The van der Waals surface area contributed by atoms with Gasteiger partial charge in [0.15, 0.2) is 0 Å². The fourth-order valence-corrected chi connectivity index (χ4v) is 3.98. The molecule has 1 rings (SSSR count). The van der Waals surface area contributed by atoms with Crippen LogP contribution in [0.25, 0.3) is 0 Å². The second kappa shape index (κ2) is 16.8. The number of unbranched alkanes of at least 4 members (excludes halogenated alkanes) is 1. The molecule has 0 radical (unpaired) electrons. The van der Waals surface area contributed by atoms with Crippen molar-refractivity contribution in [3.63, 3.8) is 0 Å². The maximum Gasteiger partial charge on any atom is 1.00 e. The Kier molecular flexibility index (Phi) is 23.6. The number of allylic oxidation sites excluding steroid dienone is 2. The van der Waals surface area contributed by atoms with Crippen molar-refractivity contribution < 1.29 is 147 Å². The monoisotopic (exact) mass is 441 g/mol. The maximum atomic E-state index is 10.9. The molecule has 0 saturated heterocycles. The average Bonchev–Trinajstić information content (AvgIpc) is 2.76. The van der Waals surface area contributed by atoms with Gasteiger partial charge in [-0.05, 0) is 26.7 Å². The van der Waals surface area contributed by atoms with E-state index in [2.05, 4.69) is 10.3 Å². The second-order valence-electron chi connectivity index (χ2n) is 5.16. The van der Waals surface area contributed by atoms with E-state index < -0.39 is 27.0 Å². The van der Waals surface area contributed by atoms with Crippen LogP contribution in [-0.2, 0) is 22.1 Å². The van der Waals surface area contributed by atoms with Gasteiger partial charge in [0.1, 0.15) is 0 Å². The van der Waals surface area contributed by atoms with Crippen LogP contribution in [0.15, 0.2) is 17.8 Å². The molecule has 9 nitrogen and oxygen atoms in total. The summed E-state index contributed by atoms with van der Waals surface area (Å²) in [6.45, 7) is 4.45. The van der Waals surface area contributed by atoms with Crippen LogP contribution in [0.2, 0.25) is 0 Å². The van der Waals surface area contributed by atoms with E-state index in [1.165, 1.54) is 16.5 Å². The number of aromatic nitrogens is 3. The first-order valence-corrected chi connectivity index (χ1v) is 9.78. The molecule has 0 N–H and O–H groups in total. The fourth-order valence-electron chi connectivity index (χ4n) is 1.77. The summed E-state index contributed by atoms with van der Waals surface area (Å²) in [6, 6.07) is 0. The van der Waals surface area contributed by atoms with Gasteiger partial charge < -0.3 is 28.7 Å². The van der Waals surface area contributed by atoms with Crippen molar-refractivity contribution in [1.82, 2.24) is 15.0 Å². The summed E-state index contributed by atoms with van der Waals surface area (Å²) in [6.07, 6.45) is 4.20. The van der Waals surface area contributed by atoms with Gasteiger partial charge in [0.25, 0.3) is 0 Å². The molecule has 0 bridgehead atoms. The van der Waals surface area contributed by atoms with Gasteiger partial charge in [-0.1, -0.05) is 32.1 Å². The van der Waals surface area contributed by atoms with E-state index in [0.717, 1.165) is 12.8 Å². The van der Waals surface area contributed by atoms with Gasteiger partial charge in [0.2, 0.25) is 0 Å². The number of hydrogen-bond acceptors (Lipinski definition) is 8. The quantitative estimate of drug-likeness (QED) is 0.167. The zero-order valence-electron chi connectivity index (χ0n) is 16.2. The van der Waals surface area contributed by atoms with Crippen LogP contribution in [0.5, 0.6) is 0 Å². The minimum absolute atomic E-state index is 0. The van der Waals surface area contributed by atoms with Crippen LogP contribution in [0, 0.1) is 0 Å². The molecular formula is C11H17N3Na4O6P2. The summed E-state index contributed by atoms with van der Waals surface area (Å²) in [4.78, 5) is 43.6. The zero-order valence-corrected chi connectivity index (χ0v) is 26.0. The van der Waals surface area contributed by atoms with Gasteiger partial charge in [0, 0.05) is 24.6 Å². The summed E-state index contributed by atoms with van der Waals surface area (Å²) >= 11 is 0. The number of nitrogens with zero attached hydrogens (tertiary/aromatic N) is 3. The van der Waals surface area contributed by atoms with Gasteiger partial charge in [-0.2, -0.15) is 0 Å². The van der Waals surface area contributed by atoms with Gasteiger partial charge in [0.05, 0.1) is 5.69 Å². The third kappa shape index (κ3) is 15.1. The Morgan fingerprint density at radius 3 is 2.04 bits per heavy atom. The Balaban J connectivity index is -0.000000605. The number of aryl methyl sites for hydroxylation is 1. The molecule has 1 aromatic heterocycles. The van der Waals surface area contributed by atoms with Crippen LogP contribution in [0.3, 0.4) is 0 Å². The molecule has 0 fully saturated rings. The van der Waals surface area contributed by atoms with E-state index in [0.29, 0.717) is 6.54 Å². The fraction of sp³-hybridized carbons (Fsp3) is 0.636. The molecule has 0 aliphatic rings. The van der Waals surface area contributed by atoms with Crippen molar-refractivity contribution in [2.75, 3.05) is 0 Å². The minimum atomic E-state index is -5.56. The third-order valence-corrected chi connectivity index (χ3v) is 6.37. The van der Waals surface area contributed by atoms with Crippen molar-refractivity contribution >= 4 is 15.2 Å². The molecule has 1 heterocycles. The molecule has 1 aromatic rings. The van der Waals surface area contributed by atoms with Crippen LogP contribution in [-0.4, -0.2) is 20.4 Å². The van der Waals surface area contributed by atoms with E-state index in [1.807, 2.05) is 19.9 Å². The van der Waals surface area contributed by atoms with E-state index >= 15 is 0 Å². The molecule has 0 aliphatic heterocycles. The number of hydrogen-bond donors (Lipinski definition) is 0. The summed E-state index contributed by atoms with van der Waals surface area (Å²) in [5.74, 6) is 0. The molecule has 0 saturated carbocycles. The zero-order chi connectivity index (χ0) is 17.0. The Morgan fingerprint density at radius 1 is 1.12 bits per heavy atom. The summed E-state index contributed by atoms with van der Waals surface area (Å²) in [5.41, 5.74) is 1.16. The molecule has 0 unspecified atom stereocenters. The molecule has 0 aliphatic carbocycles. The molecule has 15 heteroatoms. The Labute approximate surface area is 242 Å². The first kappa shape index (κ1) is 36.5. The molecule has 0 aromatic carbocycles. The van der Waals surface area contributed by atoms with E-state index in [9.17, 15) is 28.7 Å². The average molecular weight is 441 g/mol. The summed E-state index contributed by atoms with van der Waals surface area (Å²) in [5, 5.41) is 4.77. The van der Waals surface area contributed by atoms with Crippen molar-refractivity contribution in [1.29, 1.82) is 0 Å². The number of rotatable bonds is 8. The first-order chi connectivity index (χ1) is 10.00. The maximum absolute atomic E-state index is 10.9. The van der Waals surface area contributed by atoms with Gasteiger partial charge in [-0.15, -0.1) is 5.10 Å². The van der Waals surface area contributed by atoms with Crippen LogP contribution in [0.4, 0.5) is 0 Å². The predicted molar refractivity (Wildman–Crippen MR) is 71.4 cm³/mol. The van der Waals surface area contributed by atoms with Crippen molar-refractivity contribution in [2.45, 2.75) is 45.1 Å². The molecule has 0 spiro atoms. The predicted octanol–water partition coefficient (Wildman–Crippen LogP) is -13.3. The third-order valence-electron chi connectivity index (χ3n) is 2.85. The van der Waals surface area contributed by atoms with Crippen LogP contribution >= 0.6 is 15.2 Å². The second-order valence-corrected chi connectivity index (χ2v) is 8.97. The van der Waals surface area contributed by atoms with Gasteiger partial charge in [-0.25, -0.2) is 0 Å². The molecule has 0 atom stereocenters. The Bertz CT molecular complexity index is 607. The minimum Gasteiger partial charge on any atom is -0.810 e. The van der Waals surface area contributed by atoms with Crippen molar-refractivity contribution in [3.8, 4) is 0 Å². The topological polar surface area (TPSA) is 157 Å².